The Labute approximate surface area is 134 Å². The number of amides is 1. The lowest BCUT2D eigenvalue weighted by Gasteiger charge is -2.02. The summed E-state index contributed by atoms with van der Waals surface area (Å²) in [6.45, 7) is 0. The maximum atomic E-state index is 11.8. The average molecular weight is 336 g/mol. The number of hydrazone groups is 1. The van der Waals surface area contributed by atoms with Gasteiger partial charge in [0.2, 0.25) is 0 Å². The van der Waals surface area contributed by atoms with Gasteiger partial charge < -0.3 is 10.2 Å². The molecule has 0 atom stereocenters. The van der Waals surface area contributed by atoms with E-state index in [1.807, 2.05) is 0 Å². The van der Waals surface area contributed by atoms with Gasteiger partial charge in [-0.3, -0.25) is 14.9 Å². The fraction of sp³-hybridized carbons (Fsp3) is 0. The summed E-state index contributed by atoms with van der Waals surface area (Å²) in [5, 5.41) is 32.9. The van der Waals surface area contributed by atoms with Crippen LogP contribution in [0.25, 0.3) is 0 Å². The highest BCUT2D eigenvalue weighted by Gasteiger charge is 2.12. The van der Waals surface area contributed by atoms with Crippen LogP contribution >= 0.6 is 11.6 Å². The van der Waals surface area contributed by atoms with Gasteiger partial charge in [0.15, 0.2) is 11.5 Å². The molecule has 118 valence electrons. The van der Waals surface area contributed by atoms with Crippen LogP contribution in [-0.2, 0) is 0 Å². The molecule has 1 amide bonds. The van der Waals surface area contributed by atoms with Crippen molar-refractivity contribution < 1.29 is 19.9 Å². The number of nitro benzene ring substituents is 1. The molecule has 0 spiro atoms. The molecule has 0 aromatic heterocycles. The summed E-state index contributed by atoms with van der Waals surface area (Å²) in [4.78, 5) is 21.9. The zero-order chi connectivity index (χ0) is 17.0. The summed E-state index contributed by atoms with van der Waals surface area (Å²) in [5.41, 5.74) is 2.37. The Morgan fingerprint density at radius 1 is 1.22 bits per heavy atom. The lowest BCUT2D eigenvalue weighted by molar-refractivity contribution is -0.384. The third kappa shape index (κ3) is 3.95. The third-order valence-electron chi connectivity index (χ3n) is 2.78. The summed E-state index contributed by atoms with van der Waals surface area (Å²) in [7, 11) is 0. The standard InChI is InChI=1S/C14H10ClN3O5/c15-10-3-1-8(5-11(10)18(22)23)7-16-17-14(21)9-2-4-12(19)13(20)6-9/h1-7,19-20H,(H,17,21). The van der Waals surface area contributed by atoms with Crippen LogP contribution in [0.3, 0.4) is 0 Å². The topological polar surface area (TPSA) is 125 Å². The zero-order valence-corrected chi connectivity index (χ0v) is 12.2. The Morgan fingerprint density at radius 2 is 1.96 bits per heavy atom. The number of carbonyl (C=O) groups is 1. The van der Waals surface area contributed by atoms with Crippen LogP contribution in [0.1, 0.15) is 15.9 Å². The molecule has 0 fully saturated rings. The molecule has 0 saturated carbocycles. The highest BCUT2D eigenvalue weighted by atomic mass is 35.5. The number of halogens is 1. The van der Waals surface area contributed by atoms with Crippen molar-refractivity contribution >= 4 is 29.4 Å². The quantitative estimate of drug-likeness (QED) is 0.342. The molecule has 23 heavy (non-hydrogen) atoms. The van der Waals surface area contributed by atoms with E-state index in [1.165, 1.54) is 30.5 Å². The molecule has 0 heterocycles. The van der Waals surface area contributed by atoms with E-state index in [-0.39, 0.29) is 22.0 Å². The highest BCUT2D eigenvalue weighted by molar-refractivity contribution is 6.32. The van der Waals surface area contributed by atoms with Gasteiger partial charge in [-0.1, -0.05) is 17.7 Å². The van der Waals surface area contributed by atoms with Gasteiger partial charge in [-0.2, -0.15) is 5.10 Å². The minimum atomic E-state index is -0.628. The van der Waals surface area contributed by atoms with Gasteiger partial charge in [-0.05, 0) is 24.3 Å². The predicted octanol–water partition coefficient (Wildman–Crippen LogP) is 2.42. The van der Waals surface area contributed by atoms with E-state index >= 15 is 0 Å². The summed E-state index contributed by atoms with van der Waals surface area (Å²) in [6, 6.07) is 7.60. The van der Waals surface area contributed by atoms with Crippen molar-refractivity contribution in [2.75, 3.05) is 0 Å². The SMILES string of the molecule is O=C(NN=Cc1ccc(Cl)c([N+](=O)[O-])c1)c1ccc(O)c(O)c1. The maximum Gasteiger partial charge on any atom is 0.288 e. The maximum absolute atomic E-state index is 11.8. The largest absolute Gasteiger partial charge is 0.504 e. The Balaban J connectivity index is 2.09. The van der Waals surface area contributed by atoms with Gasteiger partial charge in [-0.15, -0.1) is 0 Å². The third-order valence-corrected chi connectivity index (χ3v) is 3.10. The molecular weight excluding hydrogens is 326 g/mol. The van der Waals surface area contributed by atoms with E-state index in [4.69, 9.17) is 16.7 Å². The minimum Gasteiger partial charge on any atom is -0.504 e. The van der Waals surface area contributed by atoms with Crippen molar-refractivity contribution in [2.45, 2.75) is 0 Å². The number of carbonyl (C=O) groups excluding carboxylic acids is 1. The number of benzene rings is 2. The average Bonchev–Trinajstić information content (AvgIpc) is 2.51. The van der Waals surface area contributed by atoms with E-state index in [1.54, 1.807) is 0 Å². The molecule has 2 rings (SSSR count). The zero-order valence-electron chi connectivity index (χ0n) is 11.4. The number of phenols is 2. The number of hydrogen-bond acceptors (Lipinski definition) is 6. The van der Waals surface area contributed by atoms with E-state index in [9.17, 15) is 20.0 Å². The normalized spacial score (nSPS) is 10.7. The molecule has 0 aliphatic carbocycles. The molecule has 2 aromatic rings. The molecule has 0 aliphatic rings. The number of phenolic OH excluding ortho intramolecular Hbond substituents is 2. The van der Waals surface area contributed by atoms with Gasteiger partial charge in [0.1, 0.15) is 5.02 Å². The predicted molar refractivity (Wildman–Crippen MR) is 82.9 cm³/mol. The van der Waals surface area contributed by atoms with Gasteiger partial charge >= 0.3 is 0 Å². The second kappa shape index (κ2) is 6.75. The van der Waals surface area contributed by atoms with E-state index in [0.717, 1.165) is 12.1 Å². The van der Waals surface area contributed by atoms with Gasteiger partial charge in [0.25, 0.3) is 11.6 Å². The van der Waals surface area contributed by atoms with Crippen LogP contribution in [-0.4, -0.2) is 27.3 Å². The second-order valence-corrected chi connectivity index (χ2v) is 4.78. The smallest absolute Gasteiger partial charge is 0.288 e. The summed E-state index contributed by atoms with van der Waals surface area (Å²) >= 11 is 5.68. The Kier molecular flexibility index (Phi) is 4.77. The van der Waals surface area contributed by atoms with Crippen LogP contribution in [0.4, 0.5) is 5.69 Å². The fourth-order valence-corrected chi connectivity index (χ4v) is 1.83. The first-order chi connectivity index (χ1) is 10.9. The van der Waals surface area contributed by atoms with Gasteiger partial charge in [-0.25, -0.2) is 5.43 Å². The molecule has 0 aliphatic heterocycles. The van der Waals surface area contributed by atoms with Crippen LogP contribution in [0.5, 0.6) is 11.5 Å². The van der Waals surface area contributed by atoms with Crippen molar-refractivity contribution in [3.8, 4) is 11.5 Å². The molecule has 2 aromatic carbocycles. The first kappa shape index (κ1) is 16.2. The number of hydrogen-bond donors (Lipinski definition) is 3. The Morgan fingerprint density at radius 3 is 2.61 bits per heavy atom. The van der Waals surface area contributed by atoms with E-state index < -0.39 is 16.6 Å². The van der Waals surface area contributed by atoms with Crippen molar-refractivity contribution in [1.82, 2.24) is 5.43 Å². The molecule has 0 unspecified atom stereocenters. The van der Waals surface area contributed by atoms with Crippen LogP contribution in [0.2, 0.25) is 5.02 Å². The van der Waals surface area contributed by atoms with Crippen molar-refractivity contribution in [1.29, 1.82) is 0 Å². The fourth-order valence-electron chi connectivity index (χ4n) is 1.64. The van der Waals surface area contributed by atoms with Crippen molar-refractivity contribution in [3.05, 3.63) is 62.7 Å². The van der Waals surface area contributed by atoms with E-state index in [2.05, 4.69) is 10.5 Å². The number of nitro groups is 1. The monoisotopic (exact) mass is 335 g/mol. The van der Waals surface area contributed by atoms with Crippen LogP contribution < -0.4 is 5.43 Å². The highest BCUT2D eigenvalue weighted by Crippen LogP contribution is 2.25. The summed E-state index contributed by atoms with van der Waals surface area (Å²) in [5.74, 6) is -1.41. The molecule has 3 N–H and O–H groups in total. The van der Waals surface area contributed by atoms with E-state index in [0.29, 0.717) is 5.56 Å². The lowest BCUT2D eigenvalue weighted by Crippen LogP contribution is -2.17. The molecule has 8 nitrogen and oxygen atoms in total. The molecule has 0 radical (unpaired) electrons. The molecular formula is C14H10ClN3O5. The lowest BCUT2D eigenvalue weighted by atomic mass is 10.2. The van der Waals surface area contributed by atoms with Gasteiger partial charge in [0, 0.05) is 17.2 Å². The second-order valence-electron chi connectivity index (χ2n) is 4.37. The molecule has 0 saturated heterocycles. The summed E-state index contributed by atoms with van der Waals surface area (Å²) < 4.78 is 0. The molecule has 0 bridgehead atoms. The summed E-state index contributed by atoms with van der Waals surface area (Å²) in [6.07, 6.45) is 1.21. The van der Waals surface area contributed by atoms with Crippen molar-refractivity contribution in [2.24, 2.45) is 5.10 Å². The van der Waals surface area contributed by atoms with Gasteiger partial charge in [0.05, 0.1) is 11.1 Å². The number of aromatic hydroxyl groups is 2. The minimum absolute atomic E-state index is 0.00393. The number of nitrogens with one attached hydrogen (secondary N) is 1. The molecule has 9 heteroatoms. The van der Waals surface area contributed by atoms with Crippen LogP contribution in [0.15, 0.2) is 41.5 Å². The first-order valence-corrected chi connectivity index (χ1v) is 6.55. The Bertz CT molecular complexity index is 807. The first-order valence-electron chi connectivity index (χ1n) is 6.18. The number of nitrogens with zero attached hydrogens (tertiary/aromatic N) is 2. The Hall–Kier alpha value is -3.13. The van der Waals surface area contributed by atoms with Crippen LogP contribution in [0, 0.1) is 10.1 Å². The number of rotatable bonds is 4. The van der Waals surface area contributed by atoms with Crippen molar-refractivity contribution in [3.63, 3.8) is 0 Å².